The molecule has 2 heterocycles. The minimum absolute atomic E-state index is 0.137. The maximum absolute atomic E-state index is 12.1. The quantitative estimate of drug-likeness (QED) is 0.654. The van der Waals surface area contributed by atoms with Crippen molar-refractivity contribution in [3.05, 3.63) is 35.4 Å². The van der Waals surface area contributed by atoms with E-state index in [1.54, 1.807) is 12.1 Å². The minimum Gasteiger partial charge on any atom is -0.342 e. The van der Waals surface area contributed by atoms with Gasteiger partial charge in [-0.3, -0.25) is 14.9 Å². The van der Waals surface area contributed by atoms with Crippen molar-refractivity contribution in [3.63, 3.8) is 0 Å². The smallest absolute Gasteiger partial charge is 0.257 e. The topological polar surface area (TPSA) is 75.2 Å². The Balaban J connectivity index is 1.52. The number of anilines is 1. The van der Waals surface area contributed by atoms with E-state index in [0.717, 1.165) is 31.5 Å². The van der Waals surface area contributed by atoms with Crippen molar-refractivity contribution in [2.45, 2.75) is 24.1 Å². The molecular formula is C16H18N4O2S2. The molecule has 2 aromatic rings. The molecule has 126 valence electrons. The van der Waals surface area contributed by atoms with Crippen LogP contribution in [0.2, 0.25) is 0 Å². The van der Waals surface area contributed by atoms with Crippen LogP contribution in [-0.4, -0.2) is 45.8 Å². The number of nitrogens with one attached hydrogen (secondary N) is 1. The van der Waals surface area contributed by atoms with Crippen LogP contribution in [0.5, 0.6) is 0 Å². The number of likely N-dealkylation sites (tertiary alicyclic amines) is 1. The summed E-state index contributed by atoms with van der Waals surface area (Å²) in [7, 11) is 0. The molecule has 0 spiro atoms. The van der Waals surface area contributed by atoms with Gasteiger partial charge in [0.15, 0.2) is 4.34 Å². The molecule has 2 amide bonds. The first-order chi connectivity index (χ1) is 11.6. The number of aryl methyl sites for hydroxylation is 1. The number of carbonyl (C=O) groups is 2. The maximum atomic E-state index is 12.1. The highest BCUT2D eigenvalue weighted by Gasteiger charge is 2.18. The molecule has 1 fully saturated rings. The van der Waals surface area contributed by atoms with Gasteiger partial charge in [0, 0.05) is 18.7 Å². The maximum Gasteiger partial charge on any atom is 0.257 e. The van der Waals surface area contributed by atoms with E-state index < -0.39 is 0 Å². The van der Waals surface area contributed by atoms with Crippen LogP contribution in [0.15, 0.2) is 28.6 Å². The molecule has 3 rings (SSSR count). The molecule has 0 radical (unpaired) electrons. The number of thioether (sulfide) groups is 1. The molecule has 1 aliphatic heterocycles. The molecule has 0 unspecified atom stereocenters. The fourth-order valence-electron chi connectivity index (χ4n) is 2.37. The summed E-state index contributed by atoms with van der Waals surface area (Å²) in [4.78, 5) is 26.0. The number of carbonyl (C=O) groups excluding carboxylic acids is 2. The van der Waals surface area contributed by atoms with E-state index in [1.807, 2.05) is 24.0 Å². The number of aromatic nitrogens is 2. The Morgan fingerprint density at radius 2 is 1.92 bits per heavy atom. The number of rotatable bonds is 5. The van der Waals surface area contributed by atoms with Gasteiger partial charge in [-0.05, 0) is 31.9 Å². The van der Waals surface area contributed by atoms with Crippen molar-refractivity contribution in [2.75, 3.05) is 24.2 Å². The van der Waals surface area contributed by atoms with Crippen molar-refractivity contribution >= 4 is 40.0 Å². The fourth-order valence-corrected chi connectivity index (χ4v) is 4.02. The Bertz CT molecular complexity index is 724. The second-order valence-electron chi connectivity index (χ2n) is 5.57. The summed E-state index contributed by atoms with van der Waals surface area (Å²) >= 11 is 2.65. The van der Waals surface area contributed by atoms with E-state index >= 15 is 0 Å². The summed E-state index contributed by atoms with van der Waals surface area (Å²) in [5, 5.41) is 11.2. The molecule has 1 N–H and O–H groups in total. The molecule has 1 saturated heterocycles. The van der Waals surface area contributed by atoms with Gasteiger partial charge in [-0.25, -0.2) is 0 Å². The SMILES string of the molecule is Cc1ccc(C(=O)Nc2nnc(SCC(=O)N3CCCC3)s2)cc1. The van der Waals surface area contributed by atoms with E-state index in [9.17, 15) is 9.59 Å². The summed E-state index contributed by atoms with van der Waals surface area (Å²) in [5.41, 5.74) is 1.68. The lowest BCUT2D eigenvalue weighted by Gasteiger charge is -2.13. The van der Waals surface area contributed by atoms with Crippen LogP contribution in [-0.2, 0) is 4.79 Å². The Labute approximate surface area is 148 Å². The molecular weight excluding hydrogens is 344 g/mol. The summed E-state index contributed by atoms with van der Waals surface area (Å²) in [6, 6.07) is 7.33. The Kier molecular flexibility index (Phi) is 5.47. The molecule has 0 bridgehead atoms. The van der Waals surface area contributed by atoms with Gasteiger partial charge in [0.25, 0.3) is 5.91 Å². The highest BCUT2D eigenvalue weighted by atomic mass is 32.2. The lowest BCUT2D eigenvalue weighted by Crippen LogP contribution is -2.29. The number of benzene rings is 1. The van der Waals surface area contributed by atoms with E-state index in [4.69, 9.17) is 0 Å². The molecule has 6 nitrogen and oxygen atoms in total. The van der Waals surface area contributed by atoms with Gasteiger partial charge in [0.1, 0.15) is 0 Å². The lowest BCUT2D eigenvalue weighted by atomic mass is 10.1. The van der Waals surface area contributed by atoms with E-state index in [1.165, 1.54) is 23.1 Å². The number of nitrogens with zero attached hydrogens (tertiary/aromatic N) is 3. The first-order valence-electron chi connectivity index (χ1n) is 7.74. The van der Waals surface area contributed by atoms with Crippen LogP contribution in [0, 0.1) is 6.92 Å². The summed E-state index contributed by atoms with van der Waals surface area (Å²) in [5.74, 6) is 0.286. The largest absolute Gasteiger partial charge is 0.342 e. The second-order valence-corrected chi connectivity index (χ2v) is 7.77. The van der Waals surface area contributed by atoms with Gasteiger partial charge in [-0.2, -0.15) is 0 Å². The standard InChI is InChI=1S/C16H18N4O2S2/c1-11-4-6-12(7-5-11)14(22)17-15-18-19-16(24-15)23-10-13(21)20-8-2-3-9-20/h4-7H,2-3,8-10H2,1H3,(H,17,18,22). The van der Waals surface area contributed by atoms with Crippen molar-refractivity contribution in [1.82, 2.24) is 15.1 Å². The van der Waals surface area contributed by atoms with Gasteiger partial charge in [-0.1, -0.05) is 40.8 Å². The van der Waals surface area contributed by atoms with E-state index in [2.05, 4.69) is 15.5 Å². The molecule has 0 aliphatic carbocycles. The summed E-state index contributed by atoms with van der Waals surface area (Å²) in [6.45, 7) is 3.68. The van der Waals surface area contributed by atoms with Crippen molar-refractivity contribution < 1.29 is 9.59 Å². The van der Waals surface area contributed by atoms with Crippen molar-refractivity contribution in [2.24, 2.45) is 0 Å². The highest BCUT2D eigenvalue weighted by molar-refractivity contribution is 8.01. The average molecular weight is 362 g/mol. The van der Waals surface area contributed by atoms with Gasteiger partial charge in [-0.15, -0.1) is 10.2 Å². The minimum atomic E-state index is -0.212. The van der Waals surface area contributed by atoms with Crippen LogP contribution in [0.25, 0.3) is 0 Å². The first-order valence-corrected chi connectivity index (χ1v) is 9.54. The van der Waals surface area contributed by atoms with Crippen LogP contribution in [0.4, 0.5) is 5.13 Å². The predicted octanol–water partition coefficient (Wildman–Crippen LogP) is 2.81. The third-order valence-corrected chi connectivity index (χ3v) is 5.68. The predicted molar refractivity (Wildman–Crippen MR) is 95.6 cm³/mol. The Morgan fingerprint density at radius 3 is 2.62 bits per heavy atom. The van der Waals surface area contributed by atoms with Gasteiger partial charge < -0.3 is 4.90 Å². The summed E-state index contributed by atoms with van der Waals surface area (Å²) in [6.07, 6.45) is 2.18. The normalized spacial score (nSPS) is 14.0. The molecule has 8 heteroatoms. The number of hydrogen-bond acceptors (Lipinski definition) is 6. The Hall–Kier alpha value is -1.93. The van der Waals surface area contributed by atoms with E-state index in [-0.39, 0.29) is 11.8 Å². The fraction of sp³-hybridized carbons (Fsp3) is 0.375. The van der Waals surface area contributed by atoms with Crippen LogP contribution < -0.4 is 5.32 Å². The summed E-state index contributed by atoms with van der Waals surface area (Å²) < 4.78 is 0.682. The average Bonchev–Trinajstić information content (AvgIpc) is 3.25. The van der Waals surface area contributed by atoms with Gasteiger partial charge in [0.05, 0.1) is 5.75 Å². The van der Waals surface area contributed by atoms with E-state index in [0.29, 0.717) is 20.8 Å². The highest BCUT2D eigenvalue weighted by Crippen LogP contribution is 2.26. The third-order valence-electron chi connectivity index (χ3n) is 3.72. The molecule has 24 heavy (non-hydrogen) atoms. The zero-order valence-electron chi connectivity index (χ0n) is 13.3. The lowest BCUT2D eigenvalue weighted by molar-refractivity contribution is -0.127. The molecule has 1 aromatic carbocycles. The van der Waals surface area contributed by atoms with Crippen molar-refractivity contribution in [1.29, 1.82) is 0 Å². The number of hydrogen-bond donors (Lipinski definition) is 1. The number of amides is 2. The third kappa shape index (κ3) is 4.33. The molecule has 1 aliphatic rings. The molecule has 1 aromatic heterocycles. The zero-order valence-corrected chi connectivity index (χ0v) is 15.0. The first kappa shape index (κ1) is 16.9. The molecule has 0 atom stereocenters. The van der Waals surface area contributed by atoms with Crippen LogP contribution in [0.3, 0.4) is 0 Å². The monoisotopic (exact) mass is 362 g/mol. The second kappa shape index (κ2) is 7.76. The Morgan fingerprint density at radius 1 is 1.21 bits per heavy atom. The van der Waals surface area contributed by atoms with Crippen molar-refractivity contribution in [3.8, 4) is 0 Å². The van der Waals surface area contributed by atoms with Gasteiger partial charge in [0.2, 0.25) is 11.0 Å². The van der Waals surface area contributed by atoms with Gasteiger partial charge >= 0.3 is 0 Å². The molecule has 0 saturated carbocycles. The van der Waals surface area contributed by atoms with Crippen LogP contribution >= 0.6 is 23.1 Å². The zero-order chi connectivity index (χ0) is 16.9. The van der Waals surface area contributed by atoms with Crippen LogP contribution in [0.1, 0.15) is 28.8 Å².